The van der Waals surface area contributed by atoms with Crippen LogP contribution >= 0.6 is 11.6 Å². The Balaban J connectivity index is 1.69. The first kappa shape index (κ1) is 16.5. The second-order valence-electron chi connectivity index (χ2n) is 5.51. The summed E-state index contributed by atoms with van der Waals surface area (Å²) < 4.78 is 11.0. The highest BCUT2D eigenvalue weighted by molar-refractivity contribution is 6.30. The van der Waals surface area contributed by atoms with Crippen LogP contribution in [-0.2, 0) is 0 Å². The van der Waals surface area contributed by atoms with Crippen molar-refractivity contribution in [1.82, 2.24) is 14.9 Å². The van der Waals surface area contributed by atoms with Crippen molar-refractivity contribution < 1.29 is 14.3 Å². The number of likely N-dealkylation sites (tertiary alicyclic amines) is 1. The maximum absolute atomic E-state index is 12.6. The predicted molar refractivity (Wildman–Crippen MR) is 89.6 cm³/mol. The molecule has 0 spiro atoms. The number of rotatable bonds is 4. The van der Waals surface area contributed by atoms with Gasteiger partial charge in [0.2, 0.25) is 0 Å². The summed E-state index contributed by atoms with van der Waals surface area (Å²) >= 11 is 5.97. The Bertz CT molecular complexity index is 726. The van der Waals surface area contributed by atoms with Crippen molar-refractivity contribution in [1.29, 1.82) is 0 Å². The van der Waals surface area contributed by atoms with Crippen LogP contribution in [0.4, 0.5) is 0 Å². The molecular formula is C17H18ClN3O3. The Kier molecular flexibility index (Phi) is 5.15. The third-order valence-electron chi connectivity index (χ3n) is 3.84. The molecule has 6 nitrogen and oxygen atoms in total. The maximum atomic E-state index is 12.6. The molecular weight excluding hydrogens is 330 g/mol. The summed E-state index contributed by atoms with van der Waals surface area (Å²) in [5.41, 5.74) is 0.584. The Hall–Kier alpha value is -2.34. The highest BCUT2D eigenvalue weighted by atomic mass is 35.5. The van der Waals surface area contributed by atoms with Gasteiger partial charge in [-0.1, -0.05) is 17.7 Å². The summed E-state index contributed by atoms with van der Waals surface area (Å²) in [6.45, 7) is 1.19. The molecule has 1 atom stereocenters. The Morgan fingerprint density at radius 3 is 2.83 bits per heavy atom. The molecule has 1 aliphatic heterocycles. The molecule has 0 radical (unpaired) electrons. The van der Waals surface area contributed by atoms with Crippen LogP contribution in [0, 0.1) is 0 Å². The van der Waals surface area contributed by atoms with E-state index < -0.39 is 0 Å². The topological polar surface area (TPSA) is 64.6 Å². The van der Waals surface area contributed by atoms with Crippen LogP contribution in [0.1, 0.15) is 23.2 Å². The third-order valence-corrected chi connectivity index (χ3v) is 4.08. The lowest BCUT2D eigenvalue weighted by atomic mass is 10.1. The van der Waals surface area contributed by atoms with Gasteiger partial charge in [-0.3, -0.25) is 4.79 Å². The van der Waals surface area contributed by atoms with Crippen LogP contribution < -0.4 is 9.47 Å². The van der Waals surface area contributed by atoms with Crippen LogP contribution in [-0.4, -0.2) is 47.1 Å². The molecule has 1 aliphatic rings. The van der Waals surface area contributed by atoms with Gasteiger partial charge in [-0.15, -0.1) is 0 Å². The number of piperidine rings is 1. The Morgan fingerprint density at radius 2 is 2.08 bits per heavy atom. The third kappa shape index (κ3) is 3.76. The highest BCUT2D eigenvalue weighted by Crippen LogP contribution is 2.24. The van der Waals surface area contributed by atoms with E-state index in [9.17, 15) is 4.79 Å². The van der Waals surface area contributed by atoms with Crippen LogP contribution in [0.2, 0.25) is 5.02 Å². The minimum atomic E-state index is -0.146. The van der Waals surface area contributed by atoms with Crippen molar-refractivity contribution in [3.63, 3.8) is 0 Å². The van der Waals surface area contributed by atoms with Crippen molar-refractivity contribution in [2.75, 3.05) is 20.2 Å². The van der Waals surface area contributed by atoms with Gasteiger partial charge in [-0.2, -0.15) is 0 Å². The van der Waals surface area contributed by atoms with E-state index in [1.807, 2.05) is 0 Å². The highest BCUT2D eigenvalue weighted by Gasteiger charge is 2.27. The molecule has 0 saturated carbocycles. The summed E-state index contributed by atoms with van der Waals surface area (Å²) in [6, 6.07) is 6.98. The van der Waals surface area contributed by atoms with Crippen LogP contribution in [0.5, 0.6) is 11.8 Å². The summed E-state index contributed by atoms with van der Waals surface area (Å²) in [7, 11) is 1.52. The fourth-order valence-corrected chi connectivity index (χ4v) is 2.90. The minimum Gasteiger partial charge on any atom is -0.477 e. The molecule has 126 valence electrons. The van der Waals surface area contributed by atoms with Gasteiger partial charge in [0.25, 0.3) is 17.7 Å². The maximum Gasteiger partial charge on any atom is 0.278 e. The quantitative estimate of drug-likeness (QED) is 0.851. The molecule has 1 aromatic carbocycles. The number of halogens is 1. The van der Waals surface area contributed by atoms with E-state index >= 15 is 0 Å². The number of carbonyl (C=O) groups excluding carboxylic acids is 1. The summed E-state index contributed by atoms with van der Waals surface area (Å²) in [6.07, 6.45) is 4.66. The molecule has 1 fully saturated rings. The molecule has 24 heavy (non-hydrogen) atoms. The average molecular weight is 348 g/mol. The predicted octanol–water partition coefficient (Wildman–Crippen LogP) is 2.82. The second kappa shape index (κ2) is 7.49. The number of benzene rings is 1. The van der Waals surface area contributed by atoms with Gasteiger partial charge >= 0.3 is 0 Å². The van der Waals surface area contributed by atoms with E-state index in [1.165, 1.54) is 7.11 Å². The fraction of sp³-hybridized carbons (Fsp3) is 0.353. The molecule has 0 aliphatic carbocycles. The fourth-order valence-electron chi connectivity index (χ4n) is 2.71. The monoisotopic (exact) mass is 347 g/mol. The molecule has 2 heterocycles. The number of carbonyl (C=O) groups is 1. The number of ether oxygens (including phenoxy) is 2. The summed E-state index contributed by atoms with van der Waals surface area (Å²) in [4.78, 5) is 22.6. The van der Waals surface area contributed by atoms with Crippen molar-refractivity contribution >= 4 is 17.5 Å². The Morgan fingerprint density at radius 1 is 1.29 bits per heavy atom. The zero-order valence-electron chi connectivity index (χ0n) is 13.3. The number of nitrogens with zero attached hydrogens (tertiary/aromatic N) is 3. The number of hydrogen-bond acceptors (Lipinski definition) is 5. The smallest absolute Gasteiger partial charge is 0.278 e. The second-order valence-corrected chi connectivity index (χ2v) is 5.95. The molecule has 3 rings (SSSR count). The van der Waals surface area contributed by atoms with Crippen molar-refractivity contribution in [2.24, 2.45) is 0 Å². The zero-order valence-corrected chi connectivity index (χ0v) is 14.1. The van der Waals surface area contributed by atoms with Crippen molar-refractivity contribution in [2.45, 2.75) is 18.9 Å². The van der Waals surface area contributed by atoms with E-state index in [1.54, 1.807) is 41.6 Å². The number of hydrogen-bond donors (Lipinski definition) is 0. The first-order chi connectivity index (χ1) is 11.7. The van der Waals surface area contributed by atoms with Gasteiger partial charge in [0.05, 0.1) is 13.7 Å². The molecule has 1 aromatic heterocycles. The lowest BCUT2D eigenvalue weighted by molar-refractivity contribution is 0.0519. The lowest BCUT2D eigenvalue weighted by Gasteiger charge is -2.32. The molecule has 1 saturated heterocycles. The van der Waals surface area contributed by atoms with Crippen molar-refractivity contribution in [3.05, 3.63) is 47.2 Å². The summed E-state index contributed by atoms with van der Waals surface area (Å²) in [5.74, 6) is 0.648. The van der Waals surface area contributed by atoms with E-state index in [-0.39, 0.29) is 12.0 Å². The SMILES string of the molecule is COc1nccnc1OC1CCCN(C(=O)c2cccc(Cl)c2)C1. The largest absolute Gasteiger partial charge is 0.477 e. The zero-order chi connectivity index (χ0) is 16.9. The van der Waals surface area contributed by atoms with E-state index in [4.69, 9.17) is 21.1 Å². The molecule has 0 bridgehead atoms. The van der Waals surface area contributed by atoms with Gasteiger partial charge in [0, 0.05) is 29.5 Å². The number of aromatic nitrogens is 2. The van der Waals surface area contributed by atoms with Gasteiger partial charge < -0.3 is 14.4 Å². The van der Waals surface area contributed by atoms with Gasteiger partial charge in [-0.05, 0) is 31.0 Å². The molecule has 0 N–H and O–H groups in total. The summed E-state index contributed by atoms with van der Waals surface area (Å²) in [5, 5.41) is 0.551. The number of amides is 1. The molecule has 7 heteroatoms. The average Bonchev–Trinajstić information content (AvgIpc) is 2.62. The van der Waals surface area contributed by atoms with Crippen LogP contribution in [0.3, 0.4) is 0 Å². The van der Waals surface area contributed by atoms with E-state index in [0.29, 0.717) is 35.4 Å². The van der Waals surface area contributed by atoms with Crippen LogP contribution in [0.15, 0.2) is 36.7 Å². The van der Waals surface area contributed by atoms with Gasteiger partial charge in [-0.25, -0.2) is 9.97 Å². The molecule has 1 amide bonds. The molecule has 1 unspecified atom stereocenters. The Labute approximate surface area is 145 Å². The van der Waals surface area contributed by atoms with Gasteiger partial charge in [0.1, 0.15) is 6.10 Å². The first-order valence-electron chi connectivity index (χ1n) is 7.74. The molecule has 2 aromatic rings. The number of methoxy groups -OCH3 is 1. The van der Waals surface area contributed by atoms with Crippen LogP contribution in [0.25, 0.3) is 0 Å². The van der Waals surface area contributed by atoms with Crippen molar-refractivity contribution in [3.8, 4) is 11.8 Å². The minimum absolute atomic E-state index is 0.0445. The van der Waals surface area contributed by atoms with E-state index in [0.717, 1.165) is 12.8 Å². The van der Waals surface area contributed by atoms with Gasteiger partial charge in [0.15, 0.2) is 0 Å². The van der Waals surface area contributed by atoms with E-state index in [2.05, 4.69) is 9.97 Å². The standard InChI is InChI=1S/C17H18ClN3O3/c1-23-15-16(20-8-7-19-15)24-14-6-3-9-21(11-14)17(22)12-4-2-5-13(18)10-12/h2,4-5,7-8,10,14H,3,6,9,11H2,1H3. The normalized spacial score (nSPS) is 17.4. The first-order valence-corrected chi connectivity index (χ1v) is 8.11. The lowest BCUT2D eigenvalue weighted by Crippen LogP contribution is -2.44.